The number of rotatable bonds is 6. The quantitative estimate of drug-likeness (QED) is 0.842. The lowest BCUT2D eigenvalue weighted by Crippen LogP contribution is -2.26. The molecule has 3 N–H and O–H groups in total. The Hall–Kier alpha value is -2.13. The van der Waals surface area contributed by atoms with E-state index in [1.165, 1.54) is 0 Å². The molecule has 0 saturated heterocycles. The van der Waals surface area contributed by atoms with Crippen molar-refractivity contribution in [2.24, 2.45) is 11.7 Å². The molecule has 1 atom stereocenters. The van der Waals surface area contributed by atoms with Crippen molar-refractivity contribution in [1.29, 1.82) is 0 Å². The number of carbonyl (C=O) groups is 1. The van der Waals surface area contributed by atoms with E-state index in [1.54, 1.807) is 0 Å². The minimum atomic E-state index is -0.0803. The number of amides is 1. The van der Waals surface area contributed by atoms with Crippen LogP contribution in [0, 0.1) is 5.92 Å². The molecule has 0 aliphatic rings. The second-order valence-electron chi connectivity index (χ2n) is 6.36. The molecule has 1 unspecified atom stereocenters. The zero-order valence-corrected chi connectivity index (χ0v) is 14.2. The zero-order chi connectivity index (χ0) is 16.8. The number of nitrogens with one attached hydrogen (secondary N) is 1. The van der Waals surface area contributed by atoms with Crippen molar-refractivity contribution >= 4 is 5.91 Å². The molecular weight excluding hydrogens is 284 g/mol. The first-order chi connectivity index (χ1) is 11.0. The number of nitrogens with two attached hydrogens (primary N) is 1. The average Bonchev–Trinajstić information content (AvgIpc) is 2.54. The van der Waals surface area contributed by atoms with Gasteiger partial charge in [0, 0.05) is 18.2 Å². The summed E-state index contributed by atoms with van der Waals surface area (Å²) >= 11 is 0. The van der Waals surface area contributed by atoms with E-state index < -0.39 is 0 Å². The number of hydrogen-bond acceptors (Lipinski definition) is 2. The fourth-order valence-electron chi connectivity index (χ4n) is 2.62. The molecule has 0 spiro atoms. The molecule has 0 aliphatic heterocycles. The van der Waals surface area contributed by atoms with Crippen LogP contribution in [0.2, 0.25) is 0 Å². The first kappa shape index (κ1) is 17.2. The standard InChI is InChI=1S/C20H26N2O/c1-14(2)12-13-22-20(23)19-11-7-6-10-18(19)17-9-5-4-8-16(17)15(3)21/h4-11,14-15H,12-13,21H2,1-3H3,(H,22,23). The summed E-state index contributed by atoms with van der Waals surface area (Å²) in [6, 6.07) is 15.6. The third-order valence-corrected chi connectivity index (χ3v) is 3.92. The fraction of sp³-hybridized carbons (Fsp3) is 0.350. The number of carbonyl (C=O) groups excluding carboxylic acids is 1. The molecule has 0 saturated carbocycles. The van der Waals surface area contributed by atoms with E-state index in [4.69, 9.17) is 5.73 Å². The number of benzene rings is 2. The van der Waals surface area contributed by atoms with E-state index in [-0.39, 0.29) is 11.9 Å². The molecule has 2 aromatic carbocycles. The highest BCUT2D eigenvalue weighted by molar-refractivity contribution is 6.01. The summed E-state index contributed by atoms with van der Waals surface area (Å²) in [5, 5.41) is 3.02. The van der Waals surface area contributed by atoms with E-state index in [0.29, 0.717) is 18.0 Å². The summed E-state index contributed by atoms with van der Waals surface area (Å²) in [5.41, 5.74) is 9.80. The van der Waals surface area contributed by atoms with Crippen LogP contribution in [0.5, 0.6) is 0 Å². The van der Waals surface area contributed by atoms with Gasteiger partial charge in [-0.3, -0.25) is 4.79 Å². The predicted octanol–water partition coefficient (Wildman–Crippen LogP) is 4.15. The van der Waals surface area contributed by atoms with Crippen LogP contribution in [-0.2, 0) is 0 Å². The summed E-state index contributed by atoms with van der Waals surface area (Å²) in [6.45, 7) is 6.96. The molecule has 2 rings (SSSR count). The molecule has 0 bridgehead atoms. The van der Waals surface area contributed by atoms with E-state index in [1.807, 2.05) is 55.5 Å². The first-order valence-electron chi connectivity index (χ1n) is 8.22. The summed E-state index contributed by atoms with van der Waals surface area (Å²) < 4.78 is 0. The Labute approximate surface area is 138 Å². The molecule has 0 aromatic heterocycles. The largest absolute Gasteiger partial charge is 0.352 e. The van der Waals surface area contributed by atoms with Gasteiger partial charge in [0.25, 0.3) is 5.91 Å². The van der Waals surface area contributed by atoms with Gasteiger partial charge in [0.2, 0.25) is 0 Å². The molecule has 3 heteroatoms. The maximum atomic E-state index is 12.6. The van der Waals surface area contributed by atoms with Crippen LogP contribution >= 0.6 is 0 Å². The monoisotopic (exact) mass is 310 g/mol. The zero-order valence-electron chi connectivity index (χ0n) is 14.2. The normalized spacial score (nSPS) is 12.2. The van der Waals surface area contributed by atoms with Gasteiger partial charge in [-0.25, -0.2) is 0 Å². The summed E-state index contributed by atoms with van der Waals surface area (Å²) in [6.07, 6.45) is 0.977. The smallest absolute Gasteiger partial charge is 0.251 e. The van der Waals surface area contributed by atoms with Crippen LogP contribution in [0.1, 0.15) is 49.2 Å². The van der Waals surface area contributed by atoms with Crippen molar-refractivity contribution in [3.8, 4) is 11.1 Å². The minimum Gasteiger partial charge on any atom is -0.352 e. The van der Waals surface area contributed by atoms with Crippen molar-refractivity contribution in [3.05, 3.63) is 59.7 Å². The second-order valence-corrected chi connectivity index (χ2v) is 6.36. The van der Waals surface area contributed by atoms with Crippen molar-refractivity contribution in [2.75, 3.05) is 6.54 Å². The van der Waals surface area contributed by atoms with Gasteiger partial charge in [0.05, 0.1) is 0 Å². The highest BCUT2D eigenvalue weighted by Gasteiger charge is 2.15. The molecular formula is C20H26N2O. The minimum absolute atomic E-state index is 0.0271. The Kier molecular flexibility index (Phi) is 5.94. The molecule has 0 aliphatic carbocycles. The van der Waals surface area contributed by atoms with E-state index in [2.05, 4.69) is 19.2 Å². The van der Waals surface area contributed by atoms with Gasteiger partial charge in [0.1, 0.15) is 0 Å². The molecule has 122 valence electrons. The fourth-order valence-corrected chi connectivity index (χ4v) is 2.62. The van der Waals surface area contributed by atoms with Crippen molar-refractivity contribution in [1.82, 2.24) is 5.32 Å². The van der Waals surface area contributed by atoms with E-state index >= 15 is 0 Å². The number of hydrogen-bond donors (Lipinski definition) is 2. The van der Waals surface area contributed by atoms with Crippen LogP contribution in [0.4, 0.5) is 0 Å². The van der Waals surface area contributed by atoms with Gasteiger partial charge in [-0.05, 0) is 42.0 Å². The maximum absolute atomic E-state index is 12.6. The lowest BCUT2D eigenvalue weighted by atomic mass is 9.92. The van der Waals surface area contributed by atoms with Crippen molar-refractivity contribution in [3.63, 3.8) is 0 Å². The molecule has 23 heavy (non-hydrogen) atoms. The molecule has 3 nitrogen and oxygen atoms in total. The second kappa shape index (κ2) is 7.93. The Morgan fingerprint density at radius 3 is 2.26 bits per heavy atom. The van der Waals surface area contributed by atoms with Crippen LogP contribution in [0.25, 0.3) is 11.1 Å². The molecule has 0 fully saturated rings. The SMILES string of the molecule is CC(C)CCNC(=O)c1ccccc1-c1ccccc1C(C)N. The Morgan fingerprint density at radius 1 is 1.00 bits per heavy atom. The lowest BCUT2D eigenvalue weighted by Gasteiger charge is -2.16. The predicted molar refractivity (Wildman–Crippen MR) is 96.3 cm³/mol. The highest BCUT2D eigenvalue weighted by Crippen LogP contribution is 2.29. The van der Waals surface area contributed by atoms with E-state index in [0.717, 1.165) is 23.1 Å². The van der Waals surface area contributed by atoms with Crippen molar-refractivity contribution in [2.45, 2.75) is 33.2 Å². The summed E-state index contributed by atoms with van der Waals surface area (Å²) in [5.74, 6) is 0.546. The summed E-state index contributed by atoms with van der Waals surface area (Å²) in [4.78, 5) is 12.6. The Morgan fingerprint density at radius 2 is 1.61 bits per heavy atom. The maximum Gasteiger partial charge on any atom is 0.251 e. The topological polar surface area (TPSA) is 55.1 Å². The van der Waals surface area contributed by atoms with E-state index in [9.17, 15) is 4.79 Å². The van der Waals surface area contributed by atoms with Crippen LogP contribution in [0.15, 0.2) is 48.5 Å². The lowest BCUT2D eigenvalue weighted by molar-refractivity contribution is 0.0952. The van der Waals surface area contributed by atoms with Gasteiger partial charge in [0.15, 0.2) is 0 Å². The Balaban J connectivity index is 2.33. The van der Waals surface area contributed by atoms with Gasteiger partial charge >= 0.3 is 0 Å². The third kappa shape index (κ3) is 4.42. The van der Waals surface area contributed by atoms with Gasteiger partial charge in [-0.2, -0.15) is 0 Å². The van der Waals surface area contributed by atoms with Crippen molar-refractivity contribution < 1.29 is 4.79 Å². The third-order valence-electron chi connectivity index (χ3n) is 3.92. The van der Waals surface area contributed by atoms with Crippen LogP contribution in [0.3, 0.4) is 0 Å². The Bertz CT molecular complexity index is 662. The molecule has 0 radical (unpaired) electrons. The summed E-state index contributed by atoms with van der Waals surface area (Å²) in [7, 11) is 0. The molecule has 1 amide bonds. The van der Waals surface area contributed by atoms with Crippen LogP contribution < -0.4 is 11.1 Å². The first-order valence-corrected chi connectivity index (χ1v) is 8.22. The highest BCUT2D eigenvalue weighted by atomic mass is 16.1. The molecule has 2 aromatic rings. The molecule has 0 heterocycles. The van der Waals surface area contributed by atoms with Gasteiger partial charge in [-0.15, -0.1) is 0 Å². The van der Waals surface area contributed by atoms with Crippen LogP contribution in [-0.4, -0.2) is 12.5 Å². The van der Waals surface area contributed by atoms with Gasteiger partial charge < -0.3 is 11.1 Å². The average molecular weight is 310 g/mol. The van der Waals surface area contributed by atoms with Gasteiger partial charge in [-0.1, -0.05) is 56.3 Å².